The Morgan fingerprint density at radius 1 is 0.739 bits per heavy atom. The Kier molecular flexibility index (Phi) is 16.8. The highest BCUT2D eigenvalue weighted by molar-refractivity contribution is 5.75. The van der Waals surface area contributed by atoms with Crippen LogP contribution < -0.4 is 5.32 Å². The average Bonchev–Trinajstić information content (AvgIpc) is 2.57. The number of nitrogens with one attached hydrogen (secondary N) is 1. The third kappa shape index (κ3) is 18.1. The zero-order valence-corrected chi connectivity index (χ0v) is 14.8. The minimum Gasteiger partial charge on any atom is -0.359 e. The van der Waals surface area contributed by atoms with Gasteiger partial charge in [-0.25, -0.2) is 0 Å². The second-order valence-electron chi connectivity index (χ2n) is 5.27. The molecule has 0 spiro atoms. The van der Waals surface area contributed by atoms with Crippen LogP contribution in [0.5, 0.6) is 0 Å². The van der Waals surface area contributed by atoms with Gasteiger partial charge in [0.1, 0.15) is 0 Å². The van der Waals surface area contributed by atoms with Crippen molar-refractivity contribution >= 4 is 5.91 Å². The van der Waals surface area contributed by atoms with Crippen molar-refractivity contribution in [3.63, 3.8) is 0 Å². The molecule has 23 heavy (non-hydrogen) atoms. The van der Waals surface area contributed by atoms with Crippen LogP contribution in [0.1, 0.15) is 58.3 Å². The van der Waals surface area contributed by atoms with Gasteiger partial charge in [0.2, 0.25) is 5.91 Å². The molecular formula is C21H33NO. The van der Waals surface area contributed by atoms with Gasteiger partial charge in [-0.3, -0.25) is 4.79 Å². The molecule has 0 aliphatic heterocycles. The third-order valence-corrected chi connectivity index (χ3v) is 3.21. The van der Waals surface area contributed by atoms with Gasteiger partial charge in [-0.2, -0.15) is 0 Å². The molecule has 0 radical (unpaired) electrons. The van der Waals surface area contributed by atoms with Crippen LogP contribution in [0.25, 0.3) is 0 Å². The van der Waals surface area contributed by atoms with Crippen LogP contribution in [0.4, 0.5) is 0 Å². The molecule has 1 amide bonds. The van der Waals surface area contributed by atoms with E-state index in [-0.39, 0.29) is 5.91 Å². The smallest absolute Gasteiger partial charge is 0.219 e. The summed E-state index contributed by atoms with van der Waals surface area (Å²) in [7, 11) is 1.68. The summed E-state index contributed by atoms with van der Waals surface area (Å²) in [5.74, 6) is 0.123. The normalized spacial score (nSPS) is 12.6. The molecule has 0 saturated carbocycles. The third-order valence-electron chi connectivity index (χ3n) is 3.21. The predicted molar refractivity (Wildman–Crippen MR) is 102 cm³/mol. The van der Waals surface area contributed by atoms with E-state index in [0.717, 1.165) is 44.9 Å². The molecule has 0 aliphatic rings. The number of carbonyl (C=O) groups excluding carboxylic acids is 1. The number of hydrogen-bond acceptors (Lipinski definition) is 1. The molecule has 2 nitrogen and oxygen atoms in total. The van der Waals surface area contributed by atoms with E-state index in [4.69, 9.17) is 0 Å². The maximum absolute atomic E-state index is 11.0. The monoisotopic (exact) mass is 315 g/mol. The van der Waals surface area contributed by atoms with Crippen molar-refractivity contribution in [1.82, 2.24) is 5.32 Å². The lowest BCUT2D eigenvalue weighted by Gasteiger charge is -1.95. The fourth-order valence-corrected chi connectivity index (χ4v) is 1.87. The van der Waals surface area contributed by atoms with Crippen LogP contribution in [-0.4, -0.2) is 13.0 Å². The van der Waals surface area contributed by atoms with Gasteiger partial charge in [0.15, 0.2) is 0 Å². The van der Waals surface area contributed by atoms with Crippen LogP contribution in [0.3, 0.4) is 0 Å². The van der Waals surface area contributed by atoms with E-state index in [2.05, 4.69) is 73.0 Å². The van der Waals surface area contributed by atoms with Crippen LogP contribution >= 0.6 is 0 Å². The van der Waals surface area contributed by atoms with Gasteiger partial charge in [0.25, 0.3) is 0 Å². The Labute approximate surface area is 142 Å². The van der Waals surface area contributed by atoms with Crippen LogP contribution in [0.15, 0.2) is 60.8 Å². The first-order valence-electron chi connectivity index (χ1n) is 8.76. The zero-order valence-electron chi connectivity index (χ0n) is 14.8. The standard InChI is InChI=1S/C21H33NO/c1-3-4-5-6-7-8-9-10-11-12-13-14-15-16-17-18-19-20-21(23)22-2/h4-5,7-8,10-11,13-14,16-17H,3,6,9,12,15,18-20H2,1-2H3,(H,22,23)/b5-4-,8-7-,11-10-,14-13-,17-16-. The molecule has 0 aromatic carbocycles. The van der Waals surface area contributed by atoms with E-state index in [0.29, 0.717) is 6.42 Å². The van der Waals surface area contributed by atoms with E-state index in [1.54, 1.807) is 7.05 Å². The van der Waals surface area contributed by atoms with Gasteiger partial charge in [-0.05, 0) is 44.9 Å². The zero-order chi connectivity index (χ0) is 17.0. The molecule has 0 heterocycles. The van der Waals surface area contributed by atoms with Gasteiger partial charge in [0, 0.05) is 13.5 Å². The number of unbranched alkanes of at least 4 members (excludes halogenated alkanes) is 1. The Hall–Kier alpha value is -1.83. The van der Waals surface area contributed by atoms with Crippen LogP contribution in [0, 0.1) is 0 Å². The van der Waals surface area contributed by atoms with Crippen molar-refractivity contribution in [2.24, 2.45) is 0 Å². The maximum Gasteiger partial charge on any atom is 0.219 e. The highest BCUT2D eigenvalue weighted by Crippen LogP contribution is 1.99. The largest absolute Gasteiger partial charge is 0.359 e. The molecule has 0 bridgehead atoms. The Balaban J connectivity index is 3.47. The summed E-state index contributed by atoms with van der Waals surface area (Å²) >= 11 is 0. The van der Waals surface area contributed by atoms with E-state index >= 15 is 0 Å². The number of amides is 1. The number of rotatable bonds is 13. The molecule has 1 N–H and O–H groups in total. The molecular weight excluding hydrogens is 282 g/mol. The van der Waals surface area contributed by atoms with Crippen molar-refractivity contribution in [3.8, 4) is 0 Å². The molecule has 128 valence electrons. The number of hydrogen-bond donors (Lipinski definition) is 1. The summed E-state index contributed by atoms with van der Waals surface area (Å²) in [6, 6.07) is 0. The second-order valence-corrected chi connectivity index (χ2v) is 5.27. The molecule has 0 aromatic rings. The van der Waals surface area contributed by atoms with Crippen LogP contribution in [-0.2, 0) is 4.79 Å². The highest BCUT2D eigenvalue weighted by Gasteiger charge is 1.94. The lowest BCUT2D eigenvalue weighted by Crippen LogP contribution is -2.16. The summed E-state index contributed by atoms with van der Waals surface area (Å²) in [6.07, 6.45) is 29.6. The average molecular weight is 316 g/mol. The Morgan fingerprint density at radius 3 is 1.61 bits per heavy atom. The lowest BCUT2D eigenvalue weighted by atomic mass is 10.2. The Bertz CT molecular complexity index is 414. The summed E-state index contributed by atoms with van der Waals surface area (Å²) in [5.41, 5.74) is 0. The fourth-order valence-electron chi connectivity index (χ4n) is 1.87. The summed E-state index contributed by atoms with van der Waals surface area (Å²) < 4.78 is 0. The van der Waals surface area contributed by atoms with Crippen LogP contribution in [0.2, 0.25) is 0 Å². The van der Waals surface area contributed by atoms with E-state index in [1.165, 1.54) is 0 Å². The maximum atomic E-state index is 11.0. The molecule has 0 aliphatic carbocycles. The van der Waals surface area contributed by atoms with E-state index in [1.807, 2.05) is 0 Å². The van der Waals surface area contributed by atoms with Gasteiger partial charge in [-0.1, -0.05) is 67.7 Å². The molecule has 0 aromatic heterocycles. The van der Waals surface area contributed by atoms with Gasteiger partial charge in [-0.15, -0.1) is 0 Å². The fraction of sp³-hybridized carbons (Fsp3) is 0.476. The highest BCUT2D eigenvalue weighted by atomic mass is 16.1. The summed E-state index contributed by atoms with van der Waals surface area (Å²) in [6.45, 7) is 2.15. The summed E-state index contributed by atoms with van der Waals surface area (Å²) in [5, 5.41) is 2.63. The van der Waals surface area contributed by atoms with Crippen molar-refractivity contribution in [1.29, 1.82) is 0 Å². The SMILES string of the molecule is CC/C=C\C/C=C\C/C=C\C/C=C\C/C=C\CCCC(=O)NC. The molecule has 0 unspecified atom stereocenters. The first-order valence-corrected chi connectivity index (χ1v) is 8.76. The van der Waals surface area contributed by atoms with E-state index < -0.39 is 0 Å². The predicted octanol–water partition coefficient (Wildman–Crippen LogP) is 5.65. The van der Waals surface area contributed by atoms with E-state index in [9.17, 15) is 4.79 Å². The minimum atomic E-state index is 0.123. The first kappa shape index (κ1) is 21.2. The van der Waals surface area contributed by atoms with Crippen molar-refractivity contribution < 1.29 is 4.79 Å². The van der Waals surface area contributed by atoms with Crippen molar-refractivity contribution in [3.05, 3.63) is 60.8 Å². The van der Waals surface area contributed by atoms with Gasteiger partial charge < -0.3 is 5.32 Å². The molecule has 0 saturated heterocycles. The molecule has 0 atom stereocenters. The lowest BCUT2D eigenvalue weighted by molar-refractivity contribution is -0.120. The molecule has 0 rings (SSSR count). The van der Waals surface area contributed by atoms with Crippen molar-refractivity contribution in [2.45, 2.75) is 58.3 Å². The quantitative estimate of drug-likeness (QED) is 0.345. The van der Waals surface area contributed by atoms with Gasteiger partial charge in [0.05, 0.1) is 0 Å². The molecule has 0 fully saturated rings. The summed E-state index contributed by atoms with van der Waals surface area (Å²) in [4.78, 5) is 11.0. The van der Waals surface area contributed by atoms with Crippen molar-refractivity contribution in [2.75, 3.05) is 7.05 Å². The van der Waals surface area contributed by atoms with Gasteiger partial charge >= 0.3 is 0 Å². The number of allylic oxidation sites excluding steroid dienone is 10. The topological polar surface area (TPSA) is 29.1 Å². The molecule has 2 heteroatoms. The minimum absolute atomic E-state index is 0.123. The number of carbonyl (C=O) groups is 1. The first-order chi connectivity index (χ1) is 11.3. The second kappa shape index (κ2) is 18.2. The Morgan fingerprint density at radius 2 is 1.17 bits per heavy atom.